The molecule has 0 aromatic heterocycles. The molecule has 1 aliphatic rings. The summed E-state index contributed by atoms with van der Waals surface area (Å²) < 4.78 is 4.76. The minimum atomic E-state index is -1.54. The summed E-state index contributed by atoms with van der Waals surface area (Å²) >= 11 is 0. The highest BCUT2D eigenvalue weighted by molar-refractivity contribution is 5.84. The van der Waals surface area contributed by atoms with E-state index in [-0.39, 0.29) is 6.54 Å². The van der Waals surface area contributed by atoms with Gasteiger partial charge in [-0.2, -0.15) is 0 Å². The molecule has 0 unspecified atom stereocenters. The Morgan fingerprint density at radius 2 is 2.21 bits per heavy atom. The summed E-state index contributed by atoms with van der Waals surface area (Å²) in [6, 6.07) is 0. The fourth-order valence-electron chi connectivity index (χ4n) is 2.14. The van der Waals surface area contributed by atoms with Crippen molar-refractivity contribution in [3.8, 4) is 0 Å². The monoisotopic (exact) mass is 267 g/mol. The molecule has 2 N–H and O–H groups in total. The molecular formula is C15H25NO3. The van der Waals surface area contributed by atoms with Crippen molar-refractivity contribution < 1.29 is 14.6 Å². The fraction of sp³-hybridized carbons (Fsp3) is 0.667. The Bertz CT molecular complexity index is 374. The first kappa shape index (κ1) is 15.9. The third-order valence-corrected chi connectivity index (χ3v) is 3.50. The van der Waals surface area contributed by atoms with Crippen LogP contribution in [-0.2, 0) is 9.53 Å². The average Bonchev–Trinajstić information content (AvgIpc) is 2.43. The summed E-state index contributed by atoms with van der Waals surface area (Å²) in [6.07, 6.45) is 7.48. The van der Waals surface area contributed by atoms with Gasteiger partial charge in [0.15, 0.2) is 5.60 Å². The van der Waals surface area contributed by atoms with Crippen LogP contribution >= 0.6 is 0 Å². The maximum atomic E-state index is 11.9. The normalized spacial score (nSPS) is 18.3. The zero-order valence-electron chi connectivity index (χ0n) is 12.2. The zero-order chi connectivity index (χ0) is 14.3. The molecule has 0 amide bonds. The van der Waals surface area contributed by atoms with Crippen molar-refractivity contribution in [1.29, 1.82) is 0 Å². The number of esters is 1. The maximum absolute atomic E-state index is 11.9. The second-order valence-corrected chi connectivity index (χ2v) is 5.09. The first-order chi connectivity index (χ1) is 9.04. The van der Waals surface area contributed by atoms with E-state index in [0.29, 0.717) is 6.42 Å². The minimum Gasteiger partial charge on any atom is -0.467 e. The van der Waals surface area contributed by atoms with Gasteiger partial charge in [0.1, 0.15) is 0 Å². The molecule has 1 rings (SSSR count). The topological polar surface area (TPSA) is 58.6 Å². The van der Waals surface area contributed by atoms with Crippen LogP contribution in [0.25, 0.3) is 0 Å². The molecule has 1 aliphatic carbocycles. The van der Waals surface area contributed by atoms with Gasteiger partial charge in [-0.05, 0) is 38.3 Å². The summed E-state index contributed by atoms with van der Waals surface area (Å²) in [6.45, 7) is 5.14. The lowest BCUT2D eigenvalue weighted by Crippen LogP contribution is -2.50. The SMILES string of the molecule is CCCCNC[C@](O)(C(=O)OC)C1=CC=C(C)CC1. The first-order valence-corrected chi connectivity index (χ1v) is 6.93. The highest BCUT2D eigenvalue weighted by Gasteiger charge is 2.40. The summed E-state index contributed by atoms with van der Waals surface area (Å²) in [5, 5.41) is 13.8. The van der Waals surface area contributed by atoms with Crippen molar-refractivity contribution >= 4 is 5.97 Å². The number of nitrogens with one attached hydrogen (secondary N) is 1. The van der Waals surface area contributed by atoms with Gasteiger partial charge in [-0.1, -0.05) is 31.1 Å². The van der Waals surface area contributed by atoms with Gasteiger partial charge >= 0.3 is 5.97 Å². The molecule has 4 nitrogen and oxygen atoms in total. The van der Waals surface area contributed by atoms with E-state index in [9.17, 15) is 9.90 Å². The lowest BCUT2D eigenvalue weighted by atomic mass is 9.85. The van der Waals surface area contributed by atoms with Crippen LogP contribution in [0.3, 0.4) is 0 Å². The average molecular weight is 267 g/mol. The lowest BCUT2D eigenvalue weighted by molar-refractivity contribution is -0.158. The molecule has 0 spiro atoms. The predicted octanol–water partition coefficient (Wildman–Crippen LogP) is 1.95. The summed E-state index contributed by atoms with van der Waals surface area (Å²) in [7, 11) is 1.31. The van der Waals surface area contributed by atoms with E-state index in [0.717, 1.165) is 31.4 Å². The molecule has 0 bridgehead atoms. The van der Waals surface area contributed by atoms with E-state index in [4.69, 9.17) is 4.74 Å². The molecule has 1 atom stereocenters. The predicted molar refractivity (Wildman–Crippen MR) is 75.8 cm³/mol. The number of carbonyl (C=O) groups excluding carboxylic acids is 1. The van der Waals surface area contributed by atoms with Crippen molar-refractivity contribution in [2.24, 2.45) is 0 Å². The number of carbonyl (C=O) groups is 1. The van der Waals surface area contributed by atoms with Crippen molar-refractivity contribution in [2.45, 2.75) is 45.1 Å². The molecular weight excluding hydrogens is 242 g/mol. The van der Waals surface area contributed by atoms with Crippen molar-refractivity contribution in [2.75, 3.05) is 20.2 Å². The van der Waals surface area contributed by atoms with Crippen LogP contribution in [-0.4, -0.2) is 36.9 Å². The van der Waals surface area contributed by atoms with E-state index in [1.165, 1.54) is 12.7 Å². The van der Waals surface area contributed by atoms with Crippen LogP contribution in [0.4, 0.5) is 0 Å². The van der Waals surface area contributed by atoms with Gasteiger partial charge in [-0.15, -0.1) is 0 Å². The molecule has 0 radical (unpaired) electrons. The van der Waals surface area contributed by atoms with E-state index in [2.05, 4.69) is 12.2 Å². The van der Waals surface area contributed by atoms with Gasteiger partial charge in [0, 0.05) is 6.54 Å². The van der Waals surface area contributed by atoms with Gasteiger partial charge in [0.25, 0.3) is 0 Å². The van der Waals surface area contributed by atoms with E-state index < -0.39 is 11.6 Å². The Morgan fingerprint density at radius 1 is 1.47 bits per heavy atom. The summed E-state index contributed by atoms with van der Waals surface area (Å²) in [4.78, 5) is 11.9. The molecule has 0 heterocycles. The molecule has 0 aliphatic heterocycles. The molecule has 0 fully saturated rings. The maximum Gasteiger partial charge on any atom is 0.343 e. The number of ether oxygens (including phenoxy) is 1. The number of hydrogen-bond acceptors (Lipinski definition) is 4. The standard InChI is InChI=1S/C15H25NO3/c1-4-5-10-16-11-15(18,14(17)19-3)13-8-6-12(2)7-9-13/h6,8,16,18H,4-5,7,9-11H2,1-3H3/t15-/m1/s1. The fourth-order valence-corrected chi connectivity index (χ4v) is 2.14. The third kappa shape index (κ3) is 4.18. The number of rotatable bonds is 7. The zero-order valence-corrected chi connectivity index (χ0v) is 12.2. The van der Waals surface area contributed by atoms with Crippen LogP contribution in [0.1, 0.15) is 39.5 Å². The minimum absolute atomic E-state index is 0.207. The largest absolute Gasteiger partial charge is 0.467 e. The Morgan fingerprint density at radius 3 is 2.74 bits per heavy atom. The van der Waals surface area contributed by atoms with Crippen LogP contribution in [0.5, 0.6) is 0 Å². The van der Waals surface area contributed by atoms with Crippen LogP contribution in [0.2, 0.25) is 0 Å². The molecule has 0 saturated carbocycles. The Labute approximate surface area is 115 Å². The quantitative estimate of drug-likeness (QED) is 0.547. The summed E-state index contributed by atoms with van der Waals surface area (Å²) in [5.41, 5.74) is 0.448. The summed E-state index contributed by atoms with van der Waals surface area (Å²) in [5.74, 6) is -0.587. The Kier molecular flexibility index (Phi) is 6.25. The number of aliphatic hydroxyl groups is 1. The van der Waals surface area contributed by atoms with Gasteiger partial charge in [-0.25, -0.2) is 4.79 Å². The molecule has 4 heteroatoms. The van der Waals surface area contributed by atoms with Gasteiger partial charge in [-0.3, -0.25) is 0 Å². The first-order valence-electron chi connectivity index (χ1n) is 6.93. The second kappa shape index (κ2) is 7.46. The highest BCUT2D eigenvalue weighted by Crippen LogP contribution is 2.28. The van der Waals surface area contributed by atoms with E-state index in [1.807, 2.05) is 19.1 Å². The van der Waals surface area contributed by atoms with Gasteiger partial charge in [0.05, 0.1) is 7.11 Å². The van der Waals surface area contributed by atoms with Crippen molar-refractivity contribution in [1.82, 2.24) is 5.32 Å². The Hall–Kier alpha value is -1.13. The van der Waals surface area contributed by atoms with Gasteiger partial charge < -0.3 is 15.2 Å². The van der Waals surface area contributed by atoms with E-state index >= 15 is 0 Å². The third-order valence-electron chi connectivity index (χ3n) is 3.50. The lowest BCUT2D eigenvalue weighted by Gasteiger charge is -2.30. The van der Waals surface area contributed by atoms with E-state index in [1.54, 1.807) is 0 Å². The second-order valence-electron chi connectivity index (χ2n) is 5.09. The number of allylic oxidation sites excluding steroid dienone is 3. The molecule has 0 aromatic rings. The smallest absolute Gasteiger partial charge is 0.343 e. The number of unbranched alkanes of at least 4 members (excludes halogenated alkanes) is 1. The highest BCUT2D eigenvalue weighted by atomic mass is 16.5. The molecule has 108 valence electrons. The number of hydrogen-bond donors (Lipinski definition) is 2. The van der Waals surface area contributed by atoms with Crippen molar-refractivity contribution in [3.05, 3.63) is 23.3 Å². The molecule has 0 saturated heterocycles. The molecule has 19 heavy (non-hydrogen) atoms. The van der Waals surface area contributed by atoms with Crippen molar-refractivity contribution in [3.63, 3.8) is 0 Å². The van der Waals surface area contributed by atoms with Crippen LogP contribution in [0, 0.1) is 0 Å². The Balaban J connectivity index is 2.78. The van der Waals surface area contributed by atoms with Gasteiger partial charge in [0.2, 0.25) is 0 Å². The molecule has 0 aromatic carbocycles. The van der Waals surface area contributed by atoms with Crippen LogP contribution in [0.15, 0.2) is 23.3 Å². The number of methoxy groups -OCH3 is 1. The van der Waals surface area contributed by atoms with Crippen LogP contribution < -0.4 is 5.32 Å².